The minimum absolute atomic E-state index is 0.0556. The van der Waals surface area contributed by atoms with Gasteiger partial charge in [0.05, 0.1) is 6.21 Å². The fraction of sp³-hybridized carbons (Fsp3) is 0.625. The van der Waals surface area contributed by atoms with Crippen molar-refractivity contribution in [2.75, 3.05) is 19.0 Å². The van der Waals surface area contributed by atoms with Crippen LogP contribution < -0.4 is 10.3 Å². The van der Waals surface area contributed by atoms with Crippen LogP contribution in [0.4, 0.5) is 5.88 Å². The minimum Gasteiger partial charge on any atom is -0.440 e. The van der Waals surface area contributed by atoms with Crippen molar-refractivity contribution in [3.8, 4) is 0 Å². The van der Waals surface area contributed by atoms with Crippen LogP contribution in [0.15, 0.2) is 21.7 Å². The Morgan fingerprint density at radius 3 is 2.90 bits per heavy atom. The number of nitrogens with one attached hydrogen (secondary N) is 1. The standard InChI is InChI=1S/C16H23N3O2/c1-16-9-5-4-6-12(16)14(16)15(20)18-17-10-11-7-8-13(21-11)19(2)3/h7-8,10,12,14H,4-6,9H2,1-3H3,(H,18,20)/b17-10-/t12-,14-,16-/m0/s1. The second-order valence-corrected chi connectivity index (χ2v) is 6.64. The number of carbonyl (C=O) groups is 1. The first-order valence-electron chi connectivity index (χ1n) is 7.62. The zero-order chi connectivity index (χ0) is 15.0. The van der Waals surface area contributed by atoms with E-state index >= 15 is 0 Å². The van der Waals surface area contributed by atoms with Gasteiger partial charge in [0.1, 0.15) is 5.76 Å². The fourth-order valence-electron chi connectivity index (χ4n) is 3.73. The van der Waals surface area contributed by atoms with Crippen LogP contribution in [-0.2, 0) is 4.79 Å². The lowest BCUT2D eigenvalue weighted by Gasteiger charge is -2.15. The van der Waals surface area contributed by atoms with Crippen molar-refractivity contribution in [3.63, 3.8) is 0 Å². The van der Waals surface area contributed by atoms with Gasteiger partial charge in [-0.2, -0.15) is 5.10 Å². The fourth-order valence-corrected chi connectivity index (χ4v) is 3.73. The molecular weight excluding hydrogens is 266 g/mol. The normalized spacial score (nSPS) is 31.0. The SMILES string of the molecule is CN(C)c1ccc(/C=N\NC(=O)[C@@H]2[C@@H]3CCCC[C@]23C)o1. The van der Waals surface area contributed by atoms with Crippen LogP contribution in [0.2, 0.25) is 0 Å². The Hall–Kier alpha value is -1.78. The van der Waals surface area contributed by atoms with E-state index in [1.54, 1.807) is 6.21 Å². The molecule has 0 unspecified atom stereocenters. The molecule has 0 aromatic carbocycles. The summed E-state index contributed by atoms with van der Waals surface area (Å²) in [4.78, 5) is 14.1. The highest BCUT2D eigenvalue weighted by atomic mass is 16.4. The molecule has 2 saturated carbocycles. The number of hydrazone groups is 1. The molecule has 1 N–H and O–H groups in total. The summed E-state index contributed by atoms with van der Waals surface area (Å²) in [5.74, 6) is 2.17. The molecule has 1 aromatic heterocycles. The Morgan fingerprint density at radius 2 is 2.29 bits per heavy atom. The van der Waals surface area contributed by atoms with Gasteiger partial charge in [-0.05, 0) is 30.2 Å². The molecule has 2 aliphatic carbocycles. The van der Waals surface area contributed by atoms with E-state index in [0.29, 0.717) is 11.7 Å². The van der Waals surface area contributed by atoms with Crippen molar-refractivity contribution in [3.05, 3.63) is 17.9 Å². The van der Waals surface area contributed by atoms with Crippen LogP contribution in [0.3, 0.4) is 0 Å². The van der Waals surface area contributed by atoms with Crippen molar-refractivity contribution < 1.29 is 9.21 Å². The number of furan rings is 1. The third kappa shape index (κ3) is 2.57. The van der Waals surface area contributed by atoms with Gasteiger partial charge >= 0.3 is 0 Å². The summed E-state index contributed by atoms with van der Waals surface area (Å²) in [5, 5.41) is 4.03. The van der Waals surface area contributed by atoms with E-state index in [4.69, 9.17) is 4.42 Å². The first-order valence-corrected chi connectivity index (χ1v) is 7.62. The molecule has 1 amide bonds. The van der Waals surface area contributed by atoms with E-state index < -0.39 is 0 Å². The molecule has 1 aromatic rings. The number of amides is 1. The maximum atomic E-state index is 12.2. The average molecular weight is 289 g/mol. The highest BCUT2D eigenvalue weighted by Crippen LogP contribution is 2.66. The zero-order valence-corrected chi connectivity index (χ0v) is 12.9. The van der Waals surface area contributed by atoms with E-state index in [1.165, 1.54) is 25.7 Å². The number of nitrogens with zero attached hydrogens (tertiary/aromatic N) is 2. The predicted octanol–water partition coefficient (Wildman–Crippen LogP) is 2.62. The van der Waals surface area contributed by atoms with Gasteiger partial charge in [0.15, 0.2) is 5.88 Å². The van der Waals surface area contributed by atoms with Gasteiger partial charge in [0, 0.05) is 26.1 Å². The quantitative estimate of drug-likeness (QED) is 0.684. The highest BCUT2D eigenvalue weighted by molar-refractivity contribution is 5.85. The molecule has 0 aliphatic heterocycles. The Morgan fingerprint density at radius 1 is 1.48 bits per heavy atom. The van der Waals surface area contributed by atoms with Crippen LogP contribution in [0, 0.1) is 17.3 Å². The predicted molar refractivity (Wildman–Crippen MR) is 82.3 cm³/mol. The largest absolute Gasteiger partial charge is 0.440 e. The smallest absolute Gasteiger partial charge is 0.244 e. The molecule has 5 nitrogen and oxygen atoms in total. The lowest BCUT2D eigenvalue weighted by molar-refractivity contribution is -0.123. The minimum atomic E-state index is 0.0556. The monoisotopic (exact) mass is 289 g/mol. The van der Waals surface area contributed by atoms with E-state index in [0.717, 1.165) is 5.88 Å². The zero-order valence-electron chi connectivity index (χ0n) is 12.9. The van der Waals surface area contributed by atoms with E-state index in [-0.39, 0.29) is 17.2 Å². The number of rotatable bonds is 4. The summed E-state index contributed by atoms with van der Waals surface area (Å²) < 4.78 is 5.54. The molecule has 2 fully saturated rings. The van der Waals surface area contributed by atoms with Crippen molar-refractivity contribution in [1.82, 2.24) is 5.43 Å². The topological polar surface area (TPSA) is 57.8 Å². The molecule has 1 heterocycles. The van der Waals surface area contributed by atoms with Crippen LogP contribution in [0.25, 0.3) is 0 Å². The second-order valence-electron chi connectivity index (χ2n) is 6.64. The molecule has 0 radical (unpaired) electrons. The Bertz CT molecular complexity index is 564. The van der Waals surface area contributed by atoms with Gasteiger partial charge in [-0.3, -0.25) is 4.79 Å². The van der Waals surface area contributed by atoms with Crippen molar-refractivity contribution >= 4 is 18.0 Å². The van der Waals surface area contributed by atoms with Gasteiger partial charge < -0.3 is 9.32 Å². The van der Waals surface area contributed by atoms with Gasteiger partial charge in [0.25, 0.3) is 0 Å². The second kappa shape index (κ2) is 5.20. The molecule has 3 rings (SSSR count). The summed E-state index contributed by atoms with van der Waals surface area (Å²) in [6, 6.07) is 3.71. The number of carbonyl (C=O) groups excluding carboxylic acids is 1. The summed E-state index contributed by atoms with van der Waals surface area (Å²) >= 11 is 0. The molecular formula is C16H23N3O2. The Kier molecular flexibility index (Phi) is 3.51. The van der Waals surface area contributed by atoms with E-state index in [1.807, 2.05) is 31.1 Å². The Balaban J connectivity index is 1.55. The third-order valence-electron chi connectivity index (χ3n) is 5.03. The molecule has 21 heavy (non-hydrogen) atoms. The van der Waals surface area contributed by atoms with Crippen LogP contribution in [0.1, 0.15) is 38.4 Å². The van der Waals surface area contributed by atoms with E-state index in [9.17, 15) is 4.79 Å². The average Bonchev–Trinajstić information content (AvgIpc) is 2.80. The maximum absolute atomic E-state index is 12.2. The maximum Gasteiger partial charge on any atom is 0.244 e. The molecule has 0 spiro atoms. The van der Waals surface area contributed by atoms with Crippen LogP contribution in [-0.4, -0.2) is 26.2 Å². The van der Waals surface area contributed by atoms with Crippen molar-refractivity contribution in [1.29, 1.82) is 0 Å². The van der Waals surface area contributed by atoms with E-state index in [2.05, 4.69) is 17.5 Å². The lowest BCUT2D eigenvalue weighted by Crippen LogP contribution is -2.22. The number of fused-ring (bicyclic) bond motifs is 1. The van der Waals surface area contributed by atoms with Gasteiger partial charge in [-0.25, -0.2) is 5.43 Å². The number of hydrogen-bond donors (Lipinski definition) is 1. The molecule has 3 atom stereocenters. The Labute approximate surface area is 125 Å². The van der Waals surface area contributed by atoms with Gasteiger partial charge in [-0.15, -0.1) is 0 Å². The lowest BCUT2D eigenvalue weighted by atomic mass is 9.90. The van der Waals surface area contributed by atoms with Crippen LogP contribution in [0.5, 0.6) is 0 Å². The summed E-state index contributed by atoms with van der Waals surface area (Å²) in [5.41, 5.74) is 2.89. The molecule has 5 heteroatoms. The summed E-state index contributed by atoms with van der Waals surface area (Å²) in [7, 11) is 3.83. The molecule has 114 valence electrons. The summed E-state index contributed by atoms with van der Waals surface area (Å²) in [6.07, 6.45) is 6.42. The molecule has 0 bridgehead atoms. The first kappa shape index (κ1) is 14.2. The summed E-state index contributed by atoms with van der Waals surface area (Å²) in [6.45, 7) is 2.24. The van der Waals surface area contributed by atoms with Crippen LogP contribution >= 0.6 is 0 Å². The number of hydrogen-bond acceptors (Lipinski definition) is 4. The number of anilines is 1. The molecule has 0 saturated heterocycles. The molecule has 2 aliphatic rings. The van der Waals surface area contributed by atoms with Gasteiger partial charge in [0.2, 0.25) is 5.91 Å². The highest BCUT2D eigenvalue weighted by Gasteiger charge is 2.64. The van der Waals surface area contributed by atoms with Crippen molar-refractivity contribution in [2.45, 2.75) is 32.6 Å². The third-order valence-corrected chi connectivity index (χ3v) is 5.03. The van der Waals surface area contributed by atoms with Crippen molar-refractivity contribution in [2.24, 2.45) is 22.4 Å². The first-order chi connectivity index (χ1) is 10.0. The van der Waals surface area contributed by atoms with Gasteiger partial charge in [-0.1, -0.05) is 19.8 Å².